The Morgan fingerprint density at radius 2 is 1.82 bits per heavy atom. The fourth-order valence-corrected chi connectivity index (χ4v) is 2.50. The smallest absolute Gasteiger partial charge is 0.324 e. The van der Waals surface area contributed by atoms with Crippen molar-refractivity contribution in [2.24, 2.45) is 0 Å². The summed E-state index contributed by atoms with van der Waals surface area (Å²) in [6, 6.07) is 4.93. The zero-order valence-electron chi connectivity index (χ0n) is 12.1. The largest absolute Gasteiger partial charge is 0.480 e. The highest BCUT2D eigenvalue weighted by atomic mass is 19.1. The van der Waals surface area contributed by atoms with Crippen LogP contribution in [0, 0.1) is 5.82 Å². The molecule has 0 aliphatic carbocycles. The number of halogens is 1. The molecule has 1 aromatic carbocycles. The van der Waals surface area contributed by atoms with E-state index in [2.05, 4.69) is 10.6 Å². The molecule has 2 heterocycles. The number of benzene rings is 1. The van der Waals surface area contributed by atoms with Crippen molar-refractivity contribution < 1.29 is 19.1 Å². The highest BCUT2D eigenvalue weighted by Gasteiger charge is 2.48. The van der Waals surface area contributed by atoms with Gasteiger partial charge in [-0.25, -0.2) is 4.39 Å². The van der Waals surface area contributed by atoms with Crippen molar-refractivity contribution in [1.82, 2.24) is 10.6 Å². The Bertz CT molecular complexity index is 560. The van der Waals surface area contributed by atoms with Crippen LogP contribution in [0.25, 0.3) is 0 Å². The highest BCUT2D eigenvalue weighted by Crippen LogP contribution is 2.31. The Balaban J connectivity index is 0.000000299. The maximum Gasteiger partial charge on any atom is 0.324 e. The number of carbonyl (C=O) groups excluding carboxylic acids is 1. The summed E-state index contributed by atoms with van der Waals surface area (Å²) in [7, 11) is 0. The zero-order valence-corrected chi connectivity index (χ0v) is 12.1. The fraction of sp³-hybridized carbons (Fsp3) is 0.375. The Hall–Kier alpha value is -2.21. The van der Waals surface area contributed by atoms with E-state index in [9.17, 15) is 19.1 Å². The van der Waals surface area contributed by atoms with Crippen LogP contribution in [0.15, 0.2) is 36.5 Å². The van der Waals surface area contributed by atoms with E-state index in [0.717, 1.165) is 12.1 Å². The zero-order chi connectivity index (χ0) is 16.0. The predicted molar refractivity (Wildman–Crippen MR) is 79.7 cm³/mol. The Kier molecular flexibility index (Phi) is 5.27. The standard InChI is InChI=1S/C12H10FNO3.C4H9N/c13-9-4-2-8(3-5-9)12(11(16)17)6-1-7-14-10(12)15;1-2-4-5-3-1/h1-5,7H,6H2,(H,14,15)(H,16,17);5H,1-4H2. The molecule has 0 radical (unpaired) electrons. The first-order chi connectivity index (χ1) is 10.6. The molecule has 5 nitrogen and oxygen atoms in total. The summed E-state index contributed by atoms with van der Waals surface area (Å²) < 4.78 is 12.8. The average molecular weight is 306 g/mol. The number of hydrogen-bond donors (Lipinski definition) is 3. The molecule has 6 heteroatoms. The average Bonchev–Trinajstić information content (AvgIpc) is 3.08. The van der Waals surface area contributed by atoms with Crippen LogP contribution >= 0.6 is 0 Å². The fourth-order valence-electron chi connectivity index (χ4n) is 2.50. The SMILES string of the molecule is C1CCNC1.O=C(O)C1(c2ccc(F)cc2)CC=CNC1=O. The molecule has 0 saturated carbocycles. The number of carboxylic acid groups (broad SMARTS) is 1. The molecule has 1 aromatic rings. The van der Waals surface area contributed by atoms with E-state index in [0.29, 0.717) is 0 Å². The van der Waals surface area contributed by atoms with Crippen LogP contribution in [0.5, 0.6) is 0 Å². The van der Waals surface area contributed by atoms with Crippen LogP contribution in [0.3, 0.4) is 0 Å². The van der Waals surface area contributed by atoms with Crippen LogP contribution in [0.1, 0.15) is 24.8 Å². The van der Waals surface area contributed by atoms with E-state index in [1.807, 2.05) is 0 Å². The summed E-state index contributed by atoms with van der Waals surface area (Å²) in [5.74, 6) is -2.33. The minimum absolute atomic E-state index is 0.0554. The third-order valence-corrected chi connectivity index (χ3v) is 3.80. The van der Waals surface area contributed by atoms with Gasteiger partial charge in [-0.3, -0.25) is 9.59 Å². The third kappa shape index (κ3) is 3.33. The van der Waals surface area contributed by atoms with Gasteiger partial charge in [0, 0.05) is 0 Å². The molecule has 1 saturated heterocycles. The molecular formula is C16H19FN2O3. The Labute approximate surface area is 128 Å². The molecule has 0 spiro atoms. The van der Waals surface area contributed by atoms with Crippen LogP contribution in [0.2, 0.25) is 0 Å². The first-order valence-corrected chi connectivity index (χ1v) is 7.23. The lowest BCUT2D eigenvalue weighted by atomic mass is 9.75. The number of carboxylic acids is 1. The summed E-state index contributed by atoms with van der Waals surface area (Å²) in [4.78, 5) is 23.2. The maximum absolute atomic E-state index is 12.8. The van der Waals surface area contributed by atoms with Gasteiger partial charge in [-0.1, -0.05) is 18.2 Å². The summed E-state index contributed by atoms with van der Waals surface area (Å²) in [6.07, 6.45) is 5.81. The molecule has 1 atom stereocenters. The van der Waals surface area contributed by atoms with E-state index in [1.165, 1.54) is 44.3 Å². The molecule has 2 aliphatic heterocycles. The molecule has 0 aromatic heterocycles. The number of allylic oxidation sites excluding steroid dienone is 1. The molecule has 3 N–H and O–H groups in total. The summed E-state index contributed by atoms with van der Waals surface area (Å²) >= 11 is 0. The number of hydrogen-bond acceptors (Lipinski definition) is 3. The molecule has 22 heavy (non-hydrogen) atoms. The molecule has 1 unspecified atom stereocenters. The normalized spacial score (nSPS) is 23.4. The van der Waals surface area contributed by atoms with Gasteiger partial charge in [0.25, 0.3) is 0 Å². The number of aliphatic carboxylic acids is 1. The maximum atomic E-state index is 12.8. The number of rotatable bonds is 2. The lowest BCUT2D eigenvalue weighted by Crippen LogP contribution is -2.50. The van der Waals surface area contributed by atoms with E-state index in [-0.39, 0.29) is 12.0 Å². The lowest BCUT2D eigenvalue weighted by Gasteiger charge is -2.29. The quantitative estimate of drug-likeness (QED) is 0.725. The number of amides is 1. The molecular weight excluding hydrogens is 287 g/mol. The number of nitrogens with one attached hydrogen (secondary N) is 2. The monoisotopic (exact) mass is 306 g/mol. The van der Waals surface area contributed by atoms with Crippen LogP contribution in [0.4, 0.5) is 4.39 Å². The van der Waals surface area contributed by atoms with Crippen molar-refractivity contribution in [1.29, 1.82) is 0 Å². The second kappa shape index (κ2) is 7.17. The minimum atomic E-state index is -1.66. The van der Waals surface area contributed by atoms with Crippen molar-refractivity contribution in [3.8, 4) is 0 Å². The van der Waals surface area contributed by atoms with Gasteiger partial charge in [-0.05, 0) is 56.2 Å². The molecule has 2 aliphatic rings. The molecule has 118 valence electrons. The van der Waals surface area contributed by atoms with E-state index in [4.69, 9.17) is 0 Å². The second-order valence-corrected chi connectivity index (χ2v) is 5.25. The number of carbonyl (C=O) groups is 2. The van der Waals surface area contributed by atoms with E-state index < -0.39 is 23.1 Å². The molecule has 0 bridgehead atoms. The van der Waals surface area contributed by atoms with Crippen molar-refractivity contribution in [3.63, 3.8) is 0 Å². The van der Waals surface area contributed by atoms with Gasteiger partial charge in [-0.2, -0.15) is 0 Å². The molecule has 1 fully saturated rings. The van der Waals surface area contributed by atoms with Gasteiger partial charge in [-0.15, -0.1) is 0 Å². The lowest BCUT2D eigenvalue weighted by molar-refractivity contribution is -0.149. The minimum Gasteiger partial charge on any atom is -0.480 e. The topological polar surface area (TPSA) is 78.4 Å². The van der Waals surface area contributed by atoms with Gasteiger partial charge in [0.15, 0.2) is 5.41 Å². The van der Waals surface area contributed by atoms with E-state index >= 15 is 0 Å². The van der Waals surface area contributed by atoms with Gasteiger partial charge in [0.1, 0.15) is 5.82 Å². The second-order valence-electron chi connectivity index (χ2n) is 5.25. The van der Waals surface area contributed by atoms with Crippen LogP contribution in [-0.4, -0.2) is 30.1 Å². The summed E-state index contributed by atoms with van der Waals surface area (Å²) in [5.41, 5.74) is -1.39. The first-order valence-electron chi connectivity index (χ1n) is 7.23. The first kappa shape index (κ1) is 16.2. The van der Waals surface area contributed by atoms with Gasteiger partial charge < -0.3 is 15.7 Å². The molecule has 3 rings (SSSR count). The third-order valence-electron chi connectivity index (χ3n) is 3.80. The summed E-state index contributed by atoms with van der Waals surface area (Å²) in [6.45, 7) is 2.50. The van der Waals surface area contributed by atoms with Gasteiger partial charge >= 0.3 is 5.97 Å². The Morgan fingerprint density at radius 1 is 1.18 bits per heavy atom. The highest BCUT2D eigenvalue weighted by molar-refractivity contribution is 6.09. The van der Waals surface area contributed by atoms with Crippen LogP contribution in [-0.2, 0) is 15.0 Å². The van der Waals surface area contributed by atoms with Gasteiger partial charge in [0.2, 0.25) is 5.91 Å². The summed E-state index contributed by atoms with van der Waals surface area (Å²) in [5, 5.41) is 14.9. The van der Waals surface area contributed by atoms with Crippen molar-refractivity contribution in [2.75, 3.05) is 13.1 Å². The van der Waals surface area contributed by atoms with E-state index in [1.54, 1.807) is 6.08 Å². The van der Waals surface area contributed by atoms with Crippen molar-refractivity contribution in [3.05, 3.63) is 47.9 Å². The molecule has 1 amide bonds. The predicted octanol–water partition coefficient (Wildman–Crippen LogP) is 1.55. The van der Waals surface area contributed by atoms with Crippen molar-refractivity contribution in [2.45, 2.75) is 24.7 Å². The van der Waals surface area contributed by atoms with Crippen molar-refractivity contribution >= 4 is 11.9 Å². The van der Waals surface area contributed by atoms with Gasteiger partial charge in [0.05, 0.1) is 0 Å². The van der Waals surface area contributed by atoms with Crippen LogP contribution < -0.4 is 10.6 Å². The Morgan fingerprint density at radius 3 is 2.27 bits per heavy atom.